The molecule has 6 heteroatoms. The molecule has 2 unspecified atom stereocenters. The van der Waals surface area contributed by atoms with E-state index in [1.165, 1.54) is 0 Å². The molecule has 2 atom stereocenters. The van der Waals surface area contributed by atoms with Gasteiger partial charge in [-0.2, -0.15) is 0 Å². The van der Waals surface area contributed by atoms with Gasteiger partial charge in [0.25, 0.3) is 0 Å². The number of ether oxygens (including phenoxy) is 1. The molecule has 0 spiro atoms. The average molecular weight is 300 g/mol. The van der Waals surface area contributed by atoms with E-state index in [0.29, 0.717) is 31.8 Å². The van der Waals surface area contributed by atoms with Crippen LogP contribution in [0.2, 0.25) is 0 Å². The maximum Gasteiger partial charge on any atom is 0.329 e. The number of hydrogen-bond acceptors (Lipinski definition) is 3. The topological polar surface area (TPSA) is 78.9 Å². The number of hydrogen-bond donors (Lipinski definition) is 2. The van der Waals surface area contributed by atoms with Gasteiger partial charge in [-0.1, -0.05) is 20.3 Å². The van der Waals surface area contributed by atoms with Crippen molar-refractivity contribution in [1.29, 1.82) is 0 Å². The Morgan fingerprint density at radius 1 is 1.33 bits per heavy atom. The van der Waals surface area contributed by atoms with Crippen LogP contribution in [0.5, 0.6) is 0 Å². The summed E-state index contributed by atoms with van der Waals surface area (Å²) < 4.78 is 5.26. The van der Waals surface area contributed by atoms with Crippen LogP contribution in [-0.2, 0) is 9.53 Å². The molecule has 122 valence electrons. The molecule has 1 heterocycles. The van der Waals surface area contributed by atoms with Crippen LogP contribution in [-0.4, -0.2) is 53.8 Å². The predicted octanol–water partition coefficient (Wildman–Crippen LogP) is 2.09. The first-order chi connectivity index (χ1) is 9.92. The summed E-state index contributed by atoms with van der Waals surface area (Å²) in [6.07, 6.45) is 3.44. The standard InChI is InChI=1S/C15H28N2O4/c1-4-11(2)9-12(3)16-15(20)17-7-5-13(6-8-17)21-10-14(18)19/h11-13H,4-10H2,1-3H3,(H,16,20)(H,18,19). The van der Waals surface area contributed by atoms with Gasteiger partial charge < -0.3 is 20.1 Å². The van der Waals surface area contributed by atoms with Crippen LogP contribution in [0.1, 0.15) is 46.5 Å². The number of likely N-dealkylation sites (tertiary alicyclic amines) is 1. The van der Waals surface area contributed by atoms with Gasteiger partial charge in [0.05, 0.1) is 6.10 Å². The molecule has 2 amide bonds. The molecule has 0 aromatic carbocycles. The molecule has 1 fully saturated rings. The molecule has 21 heavy (non-hydrogen) atoms. The van der Waals surface area contributed by atoms with E-state index in [1.54, 1.807) is 4.90 Å². The SMILES string of the molecule is CCC(C)CC(C)NC(=O)N1CCC(OCC(=O)O)CC1. The van der Waals surface area contributed by atoms with Crippen LogP contribution in [0, 0.1) is 5.92 Å². The number of nitrogens with zero attached hydrogens (tertiary/aromatic N) is 1. The fraction of sp³-hybridized carbons (Fsp3) is 0.867. The Bertz CT molecular complexity index is 341. The van der Waals surface area contributed by atoms with Crippen LogP contribution in [0.15, 0.2) is 0 Å². The lowest BCUT2D eigenvalue weighted by Gasteiger charge is -2.32. The smallest absolute Gasteiger partial charge is 0.329 e. The van der Waals surface area contributed by atoms with E-state index in [0.717, 1.165) is 12.8 Å². The molecule has 2 N–H and O–H groups in total. The van der Waals surface area contributed by atoms with Gasteiger partial charge in [0, 0.05) is 19.1 Å². The molecule has 0 radical (unpaired) electrons. The predicted molar refractivity (Wildman–Crippen MR) is 80.2 cm³/mol. The third-order valence-corrected chi connectivity index (χ3v) is 3.99. The number of urea groups is 1. The summed E-state index contributed by atoms with van der Waals surface area (Å²) in [7, 11) is 0. The van der Waals surface area contributed by atoms with Crippen molar-refractivity contribution in [3.8, 4) is 0 Å². The Balaban J connectivity index is 2.26. The number of amides is 2. The maximum absolute atomic E-state index is 12.1. The second-order valence-electron chi connectivity index (χ2n) is 5.99. The van der Waals surface area contributed by atoms with Crippen molar-refractivity contribution in [1.82, 2.24) is 10.2 Å². The van der Waals surface area contributed by atoms with Gasteiger partial charge in [-0.25, -0.2) is 9.59 Å². The fourth-order valence-electron chi connectivity index (χ4n) is 2.55. The second kappa shape index (κ2) is 8.87. The first-order valence-corrected chi connectivity index (χ1v) is 7.81. The number of carbonyl (C=O) groups excluding carboxylic acids is 1. The van der Waals surface area contributed by atoms with E-state index in [-0.39, 0.29) is 24.8 Å². The summed E-state index contributed by atoms with van der Waals surface area (Å²) in [5, 5.41) is 11.6. The molecule has 0 aliphatic carbocycles. The highest BCUT2D eigenvalue weighted by molar-refractivity contribution is 5.74. The zero-order valence-corrected chi connectivity index (χ0v) is 13.3. The minimum atomic E-state index is -0.950. The number of piperidine rings is 1. The first-order valence-electron chi connectivity index (χ1n) is 7.81. The molecule has 1 saturated heterocycles. The van der Waals surface area contributed by atoms with Gasteiger partial charge >= 0.3 is 12.0 Å². The fourth-order valence-corrected chi connectivity index (χ4v) is 2.55. The molecule has 0 bridgehead atoms. The van der Waals surface area contributed by atoms with Gasteiger partial charge in [-0.15, -0.1) is 0 Å². The minimum Gasteiger partial charge on any atom is -0.480 e. The normalized spacial score (nSPS) is 19.1. The van der Waals surface area contributed by atoms with Crippen molar-refractivity contribution < 1.29 is 19.4 Å². The van der Waals surface area contributed by atoms with E-state index < -0.39 is 5.97 Å². The Morgan fingerprint density at radius 2 is 1.95 bits per heavy atom. The molecular formula is C15H28N2O4. The zero-order chi connectivity index (χ0) is 15.8. The largest absolute Gasteiger partial charge is 0.480 e. The van der Waals surface area contributed by atoms with Crippen LogP contribution in [0.3, 0.4) is 0 Å². The number of carboxylic acids is 1. The van der Waals surface area contributed by atoms with Crippen LogP contribution in [0.25, 0.3) is 0 Å². The molecular weight excluding hydrogens is 272 g/mol. The van der Waals surface area contributed by atoms with E-state index in [2.05, 4.69) is 19.2 Å². The Kier molecular flexibility index (Phi) is 7.50. The van der Waals surface area contributed by atoms with Crippen LogP contribution < -0.4 is 5.32 Å². The highest BCUT2D eigenvalue weighted by atomic mass is 16.5. The average Bonchev–Trinajstić information content (AvgIpc) is 2.45. The van der Waals surface area contributed by atoms with Crippen molar-refractivity contribution in [2.24, 2.45) is 5.92 Å². The molecule has 1 rings (SSSR count). The van der Waals surface area contributed by atoms with Crippen molar-refractivity contribution in [3.63, 3.8) is 0 Å². The zero-order valence-electron chi connectivity index (χ0n) is 13.3. The van der Waals surface area contributed by atoms with Crippen molar-refractivity contribution >= 4 is 12.0 Å². The molecule has 6 nitrogen and oxygen atoms in total. The summed E-state index contributed by atoms with van der Waals surface area (Å²) in [6, 6.07) is 0.149. The maximum atomic E-state index is 12.1. The van der Waals surface area contributed by atoms with E-state index in [9.17, 15) is 9.59 Å². The molecule has 0 aromatic heterocycles. The summed E-state index contributed by atoms with van der Waals surface area (Å²) in [5.74, 6) is -0.343. The minimum absolute atomic E-state index is 0.0255. The van der Waals surface area contributed by atoms with Gasteiger partial charge in [0.15, 0.2) is 0 Å². The lowest BCUT2D eigenvalue weighted by atomic mass is 10.0. The number of aliphatic carboxylic acids is 1. The second-order valence-corrected chi connectivity index (χ2v) is 5.99. The van der Waals surface area contributed by atoms with Crippen molar-refractivity contribution in [2.45, 2.75) is 58.6 Å². The summed E-state index contributed by atoms with van der Waals surface area (Å²) in [6.45, 7) is 7.35. The van der Waals surface area contributed by atoms with Gasteiger partial charge in [0.2, 0.25) is 0 Å². The molecule has 0 aromatic rings. The monoisotopic (exact) mass is 300 g/mol. The Morgan fingerprint density at radius 3 is 2.48 bits per heavy atom. The summed E-state index contributed by atoms with van der Waals surface area (Å²) >= 11 is 0. The lowest BCUT2D eigenvalue weighted by Crippen LogP contribution is -2.48. The quantitative estimate of drug-likeness (QED) is 0.754. The van der Waals surface area contributed by atoms with Gasteiger partial charge in [0.1, 0.15) is 6.61 Å². The highest BCUT2D eigenvalue weighted by Gasteiger charge is 2.24. The van der Waals surface area contributed by atoms with E-state index in [4.69, 9.17) is 9.84 Å². The van der Waals surface area contributed by atoms with Gasteiger partial charge in [-0.3, -0.25) is 0 Å². The van der Waals surface area contributed by atoms with Crippen LogP contribution >= 0.6 is 0 Å². The summed E-state index contributed by atoms with van der Waals surface area (Å²) in [4.78, 5) is 24.4. The molecule has 1 aliphatic rings. The lowest BCUT2D eigenvalue weighted by molar-refractivity contribution is -0.145. The van der Waals surface area contributed by atoms with E-state index in [1.807, 2.05) is 6.92 Å². The van der Waals surface area contributed by atoms with Crippen LogP contribution in [0.4, 0.5) is 4.79 Å². The van der Waals surface area contributed by atoms with E-state index >= 15 is 0 Å². The van der Waals surface area contributed by atoms with Crippen molar-refractivity contribution in [3.05, 3.63) is 0 Å². The third-order valence-electron chi connectivity index (χ3n) is 3.99. The Hall–Kier alpha value is -1.30. The first kappa shape index (κ1) is 17.8. The van der Waals surface area contributed by atoms with Gasteiger partial charge in [-0.05, 0) is 32.1 Å². The molecule has 0 saturated carbocycles. The summed E-state index contributed by atoms with van der Waals surface area (Å²) in [5.41, 5.74) is 0. The number of carbonyl (C=O) groups is 2. The highest BCUT2D eigenvalue weighted by Crippen LogP contribution is 2.15. The number of nitrogens with one attached hydrogen (secondary N) is 1. The molecule has 1 aliphatic heterocycles. The number of carboxylic acid groups (broad SMARTS) is 1. The number of rotatable bonds is 7. The third kappa shape index (κ3) is 6.80. The van der Waals surface area contributed by atoms with Crippen molar-refractivity contribution in [2.75, 3.05) is 19.7 Å². The Labute approximate surface area is 126 Å².